The van der Waals surface area contributed by atoms with E-state index >= 15 is 0 Å². The molecule has 122 valence electrons. The minimum absolute atomic E-state index is 0.144. The van der Waals surface area contributed by atoms with Gasteiger partial charge in [0.25, 0.3) is 10.2 Å². The molecule has 1 amide bonds. The minimum atomic E-state index is -3.87. The van der Waals surface area contributed by atoms with Gasteiger partial charge in [0.2, 0.25) is 5.91 Å². The second kappa shape index (κ2) is 7.71. The van der Waals surface area contributed by atoms with Gasteiger partial charge in [0, 0.05) is 26.7 Å². The van der Waals surface area contributed by atoms with Gasteiger partial charge in [-0.25, -0.2) is 0 Å². The Morgan fingerprint density at radius 1 is 1.29 bits per heavy atom. The fourth-order valence-corrected chi connectivity index (χ4v) is 3.18. The first-order chi connectivity index (χ1) is 9.74. The molecule has 1 aliphatic rings. The van der Waals surface area contributed by atoms with Crippen LogP contribution in [-0.4, -0.2) is 67.3 Å². The third-order valence-electron chi connectivity index (χ3n) is 3.41. The maximum atomic E-state index is 12.2. The van der Waals surface area contributed by atoms with Crippen LogP contribution in [0.15, 0.2) is 0 Å². The molecule has 1 aliphatic heterocycles. The summed E-state index contributed by atoms with van der Waals surface area (Å²) in [4.78, 5) is 24.3. The van der Waals surface area contributed by atoms with Crippen LogP contribution < -0.4 is 4.72 Å². The van der Waals surface area contributed by atoms with E-state index in [9.17, 15) is 18.0 Å². The highest BCUT2D eigenvalue weighted by atomic mass is 32.2. The molecule has 1 unspecified atom stereocenters. The number of hydrogen-bond acceptors (Lipinski definition) is 4. The Morgan fingerprint density at radius 2 is 1.86 bits per heavy atom. The van der Waals surface area contributed by atoms with Crippen LogP contribution in [0.4, 0.5) is 0 Å². The molecule has 0 radical (unpaired) electrons. The Bertz CT molecular complexity index is 473. The number of carbonyl (C=O) groups excluding carboxylic acids is 1. The molecule has 0 aromatic carbocycles. The van der Waals surface area contributed by atoms with Gasteiger partial charge in [-0.1, -0.05) is 0 Å². The van der Waals surface area contributed by atoms with Crippen LogP contribution in [0.1, 0.15) is 32.6 Å². The maximum absolute atomic E-state index is 12.2. The SMILES string of the molecule is CC(NS(=O)(=O)N(C)CCC(=O)O)C(=O)N1CCCCC1. The first kappa shape index (κ1) is 17.9. The molecule has 1 atom stereocenters. The molecule has 0 saturated carbocycles. The number of carbonyl (C=O) groups is 2. The number of aliphatic carboxylic acids is 1. The zero-order valence-electron chi connectivity index (χ0n) is 12.4. The number of rotatable bonds is 7. The van der Waals surface area contributed by atoms with Crippen molar-refractivity contribution in [3.05, 3.63) is 0 Å². The van der Waals surface area contributed by atoms with Crippen molar-refractivity contribution in [1.29, 1.82) is 0 Å². The van der Waals surface area contributed by atoms with E-state index in [-0.39, 0.29) is 18.9 Å². The molecule has 1 fully saturated rings. The van der Waals surface area contributed by atoms with Crippen LogP contribution in [-0.2, 0) is 19.8 Å². The number of piperidine rings is 1. The number of carboxylic acids is 1. The predicted molar refractivity (Wildman–Crippen MR) is 76.8 cm³/mol. The minimum Gasteiger partial charge on any atom is -0.481 e. The van der Waals surface area contributed by atoms with E-state index in [2.05, 4.69) is 4.72 Å². The Balaban J connectivity index is 2.56. The van der Waals surface area contributed by atoms with Crippen molar-refractivity contribution in [2.24, 2.45) is 0 Å². The fourth-order valence-electron chi connectivity index (χ4n) is 2.13. The molecule has 0 aliphatic carbocycles. The second-order valence-electron chi connectivity index (χ2n) is 5.20. The lowest BCUT2D eigenvalue weighted by Crippen LogP contribution is -2.51. The van der Waals surface area contributed by atoms with Gasteiger partial charge in [-0.15, -0.1) is 0 Å². The maximum Gasteiger partial charge on any atom is 0.304 e. The van der Waals surface area contributed by atoms with Gasteiger partial charge in [0.15, 0.2) is 0 Å². The Kier molecular flexibility index (Phi) is 6.56. The van der Waals surface area contributed by atoms with Crippen LogP contribution >= 0.6 is 0 Å². The molecule has 0 aromatic heterocycles. The summed E-state index contributed by atoms with van der Waals surface area (Å²) < 4.78 is 27.2. The molecule has 0 bridgehead atoms. The van der Waals surface area contributed by atoms with Gasteiger partial charge >= 0.3 is 5.97 Å². The van der Waals surface area contributed by atoms with E-state index < -0.39 is 22.2 Å². The highest BCUT2D eigenvalue weighted by Crippen LogP contribution is 2.10. The summed E-state index contributed by atoms with van der Waals surface area (Å²) in [6.07, 6.45) is 2.67. The van der Waals surface area contributed by atoms with E-state index in [1.807, 2.05) is 0 Å². The van der Waals surface area contributed by atoms with Crippen LogP contribution in [0.5, 0.6) is 0 Å². The first-order valence-electron chi connectivity index (χ1n) is 6.98. The van der Waals surface area contributed by atoms with E-state index in [1.54, 1.807) is 4.90 Å². The molecule has 1 heterocycles. The summed E-state index contributed by atoms with van der Waals surface area (Å²) in [6.45, 7) is 2.66. The molecule has 1 rings (SSSR count). The van der Waals surface area contributed by atoms with E-state index in [4.69, 9.17) is 5.11 Å². The average molecular weight is 321 g/mol. The molecule has 21 heavy (non-hydrogen) atoms. The number of hydrogen-bond donors (Lipinski definition) is 2. The number of likely N-dealkylation sites (tertiary alicyclic amines) is 1. The summed E-state index contributed by atoms with van der Waals surface area (Å²) >= 11 is 0. The van der Waals surface area contributed by atoms with Gasteiger partial charge < -0.3 is 10.0 Å². The quantitative estimate of drug-likeness (QED) is 0.665. The first-order valence-corrected chi connectivity index (χ1v) is 8.42. The average Bonchev–Trinajstić information content (AvgIpc) is 2.44. The highest BCUT2D eigenvalue weighted by Gasteiger charge is 2.27. The number of carboxylic acid groups (broad SMARTS) is 1. The zero-order valence-corrected chi connectivity index (χ0v) is 13.2. The number of nitrogens with one attached hydrogen (secondary N) is 1. The molecular formula is C12H23N3O5S. The Hall–Kier alpha value is -1.19. The summed E-state index contributed by atoms with van der Waals surface area (Å²) in [5.41, 5.74) is 0. The van der Waals surface area contributed by atoms with Gasteiger partial charge in [-0.2, -0.15) is 17.4 Å². The smallest absolute Gasteiger partial charge is 0.304 e. The van der Waals surface area contributed by atoms with Gasteiger partial charge in [0.05, 0.1) is 12.5 Å². The molecule has 2 N–H and O–H groups in total. The Morgan fingerprint density at radius 3 is 2.38 bits per heavy atom. The van der Waals surface area contributed by atoms with E-state index in [1.165, 1.54) is 14.0 Å². The van der Waals surface area contributed by atoms with Crippen molar-refractivity contribution in [2.75, 3.05) is 26.7 Å². The van der Waals surface area contributed by atoms with Crippen LogP contribution in [0, 0.1) is 0 Å². The highest BCUT2D eigenvalue weighted by molar-refractivity contribution is 7.87. The molecule has 0 spiro atoms. The zero-order chi connectivity index (χ0) is 16.0. The third-order valence-corrected chi connectivity index (χ3v) is 5.07. The standard InChI is InChI=1S/C12H23N3O5S/c1-10(12(18)15-7-4-3-5-8-15)13-21(19,20)14(2)9-6-11(16)17/h10,13H,3-9H2,1-2H3,(H,16,17). The molecule has 1 saturated heterocycles. The van der Waals surface area contributed by atoms with E-state index in [0.717, 1.165) is 23.6 Å². The van der Waals surface area contributed by atoms with Crippen molar-refractivity contribution >= 4 is 22.1 Å². The van der Waals surface area contributed by atoms with Gasteiger partial charge in [-0.05, 0) is 26.2 Å². The number of amides is 1. The normalized spacial score (nSPS) is 17.8. The van der Waals surface area contributed by atoms with Crippen molar-refractivity contribution < 1.29 is 23.1 Å². The van der Waals surface area contributed by atoms with Crippen molar-refractivity contribution in [2.45, 2.75) is 38.6 Å². The fraction of sp³-hybridized carbons (Fsp3) is 0.833. The Labute approximate surface area is 125 Å². The number of nitrogens with zero attached hydrogens (tertiary/aromatic N) is 2. The van der Waals surface area contributed by atoms with Gasteiger partial charge in [-0.3, -0.25) is 9.59 Å². The van der Waals surface area contributed by atoms with Crippen LogP contribution in [0.3, 0.4) is 0 Å². The summed E-state index contributed by atoms with van der Waals surface area (Å²) in [5.74, 6) is -1.32. The van der Waals surface area contributed by atoms with Gasteiger partial charge in [0.1, 0.15) is 0 Å². The lowest BCUT2D eigenvalue weighted by molar-refractivity contribution is -0.137. The molecular weight excluding hydrogens is 298 g/mol. The van der Waals surface area contributed by atoms with Crippen molar-refractivity contribution in [3.63, 3.8) is 0 Å². The second-order valence-corrected chi connectivity index (χ2v) is 7.00. The summed E-state index contributed by atoms with van der Waals surface area (Å²) in [5, 5.41) is 8.57. The van der Waals surface area contributed by atoms with E-state index in [0.29, 0.717) is 13.1 Å². The largest absolute Gasteiger partial charge is 0.481 e. The molecule has 9 heteroatoms. The lowest BCUT2D eigenvalue weighted by atomic mass is 10.1. The molecule has 0 aromatic rings. The molecule has 8 nitrogen and oxygen atoms in total. The van der Waals surface area contributed by atoms with Crippen LogP contribution in [0.25, 0.3) is 0 Å². The summed E-state index contributed by atoms with van der Waals surface area (Å²) in [7, 11) is -2.59. The topological polar surface area (TPSA) is 107 Å². The summed E-state index contributed by atoms with van der Waals surface area (Å²) in [6, 6.07) is -0.861. The van der Waals surface area contributed by atoms with Crippen molar-refractivity contribution in [1.82, 2.24) is 13.9 Å². The third kappa shape index (κ3) is 5.60. The lowest BCUT2D eigenvalue weighted by Gasteiger charge is -2.30. The van der Waals surface area contributed by atoms with Crippen molar-refractivity contribution in [3.8, 4) is 0 Å². The predicted octanol–water partition coefficient (Wildman–Crippen LogP) is -0.372. The van der Waals surface area contributed by atoms with Crippen LogP contribution in [0.2, 0.25) is 0 Å². The monoisotopic (exact) mass is 321 g/mol.